The number of carbonyl (C=O) groups excluding carboxylic acids is 3. The Hall–Kier alpha value is -2.77. The number of amides is 4. The predicted molar refractivity (Wildman–Crippen MR) is 109 cm³/mol. The molecule has 1 heterocycles. The second-order valence-electron chi connectivity index (χ2n) is 7.69. The number of ether oxygens (including phenoxy) is 1. The Bertz CT molecular complexity index is 694. The molecule has 8 heteroatoms. The molecule has 0 radical (unpaired) electrons. The molecule has 1 fully saturated rings. The van der Waals surface area contributed by atoms with Gasteiger partial charge >= 0.3 is 12.1 Å². The van der Waals surface area contributed by atoms with Gasteiger partial charge in [0.15, 0.2) is 0 Å². The molecule has 0 spiro atoms. The van der Waals surface area contributed by atoms with Crippen molar-refractivity contribution in [1.29, 1.82) is 0 Å². The minimum atomic E-state index is -0.507. The summed E-state index contributed by atoms with van der Waals surface area (Å²) in [5.41, 5.74) is 1.20. The van der Waals surface area contributed by atoms with Gasteiger partial charge in [0, 0.05) is 44.1 Å². The van der Waals surface area contributed by atoms with Crippen LogP contribution in [0, 0.1) is 0 Å². The van der Waals surface area contributed by atoms with Crippen LogP contribution in [0.3, 0.4) is 0 Å². The smallest absolute Gasteiger partial charge is 0.410 e. The number of rotatable bonds is 5. The van der Waals surface area contributed by atoms with Gasteiger partial charge < -0.3 is 14.5 Å². The Morgan fingerprint density at radius 3 is 2.46 bits per heavy atom. The quantitative estimate of drug-likeness (QED) is 0.782. The lowest BCUT2D eigenvalue weighted by Gasteiger charge is -2.37. The zero-order valence-corrected chi connectivity index (χ0v) is 17.1. The molecule has 0 aliphatic carbocycles. The number of nitrogens with zero attached hydrogens (tertiary/aromatic N) is 3. The number of hydrogen-bond acceptors (Lipinski definition) is 5. The van der Waals surface area contributed by atoms with E-state index in [2.05, 4.69) is 10.2 Å². The van der Waals surface area contributed by atoms with Gasteiger partial charge in [-0.05, 0) is 45.4 Å². The fraction of sp³-hybridized carbons (Fsp3) is 0.550. The van der Waals surface area contributed by atoms with Gasteiger partial charge in [-0.3, -0.25) is 15.0 Å². The molecule has 1 aliphatic rings. The molecule has 4 amide bonds. The summed E-state index contributed by atoms with van der Waals surface area (Å²) in [6.07, 6.45) is 0.871. The lowest BCUT2D eigenvalue weighted by molar-refractivity contribution is -0.108. The number of carbonyl (C=O) groups is 3. The molecule has 0 saturated carbocycles. The number of piperazine rings is 1. The zero-order valence-electron chi connectivity index (χ0n) is 17.1. The Kier molecular flexibility index (Phi) is 7.25. The molecule has 0 unspecified atom stereocenters. The van der Waals surface area contributed by atoms with Crippen molar-refractivity contribution in [2.24, 2.45) is 0 Å². The number of hydrogen-bond donors (Lipinski definition) is 1. The van der Waals surface area contributed by atoms with E-state index in [4.69, 9.17) is 4.74 Å². The summed E-state index contributed by atoms with van der Waals surface area (Å²) in [6.45, 7) is 10.6. The second kappa shape index (κ2) is 9.43. The normalized spacial score (nSPS) is 14.4. The number of benzene rings is 1. The minimum absolute atomic E-state index is 0.291. The van der Waals surface area contributed by atoms with E-state index in [1.54, 1.807) is 9.80 Å². The van der Waals surface area contributed by atoms with E-state index < -0.39 is 11.6 Å². The third kappa shape index (κ3) is 5.87. The van der Waals surface area contributed by atoms with E-state index >= 15 is 0 Å². The first-order valence-electron chi connectivity index (χ1n) is 9.59. The van der Waals surface area contributed by atoms with Crippen molar-refractivity contribution in [1.82, 2.24) is 10.2 Å². The van der Waals surface area contributed by atoms with Gasteiger partial charge in [0.1, 0.15) is 5.60 Å². The van der Waals surface area contributed by atoms with Gasteiger partial charge in [-0.2, -0.15) is 0 Å². The van der Waals surface area contributed by atoms with Crippen LogP contribution in [0.25, 0.3) is 0 Å². The number of anilines is 2. The SMILES string of the molecule is CCCN(C(=O)NC=O)c1cccc(N2CCN(C(=O)OC(C)(C)C)CC2)c1. The summed E-state index contributed by atoms with van der Waals surface area (Å²) >= 11 is 0. The van der Waals surface area contributed by atoms with Crippen molar-refractivity contribution in [3.63, 3.8) is 0 Å². The first-order valence-corrected chi connectivity index (χ1v) is 9.59. The highest BCUT2D eigenvalue weighted by Crippen LogP contribution is 2.24. The Morgan fingerprint density at radius 1 is 1.21 bits per heavy atom. The van der Waals surface area contributed by atoms with Gasteiger partial charge in [0.05, 0.1) is 0 Å². The first-order chi connectivity index (χ1) is 13.2. The molecule has 0 bridgehead atoms. The van der Waals surface area contributed by atoms with Crippen molar-refractivity contribution < 1.29 is 19.1 Å². The van der Waals surface area contributed by atoms with Crippen molar-refractivity contribution in [3.05, 3.63) is 24.3 Å². The first kappa shape index (κ1) is 21.5. The molecule has 1 saturated heterocycles. The van der Waals surface area contributed by atoms with Crippen molar-refractivity contribution in [3.8, 4) is 0 Å². The molecule has 154 valence electrons. The van der Waals surface area contributed by atoms with E-state index in [1.165, 1.54) is 0 Å². The molecule has 0 aromatic heterocycles. The van der Waals surface area contributed by atoms with Crippen LogP contribution < -0.4 is 15.1 Å². The molecule has 0 atom stereocenters. The highest BCUT2D eigenvalue weighted by molar-refractivity contribution is 5.97. The fourth-order valence-electron chi connectivity index (χ4n) is 3.03. The third-order valence-corrected chi connectivity index (χ3v) is 4.31. The topological polar surface area (TPSA) is 82.2 Å². The van der Waals surface area contributed by atoms with Crippen LogP contribution in [-0.2, 0) is 9.53 Å². The van der Waals surface area contributed by atoms with E-state index in [0.717, 1.165) is 17.8 Å². The molecule has 2 rings (SSSR count). The third-order valence-electron chi connectivity index (χ3n) is 4.31. The predicted octanol–water partition coefficient (Wildman–Crippen LogP) is 2.83. The number of nitrogens with one attached hydrogen (secondary N) is 1. The van der Waals surface area contributed by atoms with Gasteiger partial charge in [-0.1, -0.05) is 13.0 Å². The average Bonchev–Trinajstić information content (AvgIpc) is 2.65. The van der Waals surface area contributed by atoms with Crippen LogP contribution in [0.15, 0.2) is 24.3 Å². The molecule has 1 aromatic carbocycles. The largest absolute Gasteiger partial charge is 0.444 e. The van der Waals surface area contributed by atoms with Crippen molar-refractivity contribution in [2.45, 2.75) is 39.7 Å². The van der Waals surface area contributed by atoms with Crippen LogP contribution in [0.2, 0.25) is 0 Å². The van der Waals surface area contributed by atoms with Crippen molar-refractivity contribution >= 4 is 29.9 Å². The lowest BCUT2D eigenvalue weighted by Crippen LogP contribution is -2.50. The second-order valence-corrected chi connectivity index (χ2v) is 7.69. The monoisotopic (exact) mass is 390 g/mol. The van der Waals surface area contributed by atoms with Crippen LogP contribution in [0.1, 0.15) is 34.1 Å². The van der Waals surface area contributed by atoms with E-state index in [9.17, 15) is 14.4 Å². The minimum Gasteiger partial charge on any atom is -0.444 e. The highest BCUT2D eigenvalue weighted by atomic mass is 16.6. The number of urea groups is 1. The molecule has 1 N–H and O–H groups in total. The summed E-state index contributed by atoms with van der Waals surface area (Å²) < 4.78 is 5.43. The maximum Gasteiger partial charge on any atom is 0.410 e. The maximum atomic E-state index is 12.2. The maximum absolute atomic E-state index is 12.2. The zero-order chi connectivity index (χ0) is 20.7. The highest BCUT2D eigenvalue weighted by Gasteiger charge is 2.26. The summed E-state index contributed by atoms with van der Waals surface area (Å²) in [5, 5.41) is 2.20. The Balaban J connectivity index is 2.05. The Morgan fingerprint density at radius 2 is 1.89 bits per heavy atom. The summed E-state index contributed by atoms with van der Waals surface area (Å²) in [6, 6.07) is 7.21. The van der Waals surface area contributed by atoms with Crippen LogP contribution in [-0.4, -0.2) is 61.8 Å². The molecule has 28 heavy (non-hydrogen) atoms. The van der Waals surface area contributed by atoms with Gasteiger partial charge in [-0.25, -0.2) is 9.59 Å². The molecule has 1 aromatic rings. The van der Waals surface area contributed by atoms with Crippen molar-refractivity contribution in [2.75, 3.05) is 42.5 Å². The number of imide groups is 1. The van der Waals surface area contributed by atoms with Gasteiger partial charge in [0.2, 0.25) is 6.41 Å². The Labute approximate surface area is 166 Å². The standard InChI is InChI=1S/C20H30N4O4/c1-5-9-24(18(26)21-15-25)17-8-6-7-16(14-17)22-10-12-23(13-11-22)19(27)28-20(2,3)4/h6-8,14-15H,5,9-13H2,1-4H3,(H,21,25,26). The van der Waals surface area contributed by atoms with E-state index in [-0.39, 0.29) is 6.09 Å². The van der Waals surface area contributed by atoms with Crippen LogP contribution >= 0.6 is 0 Å². The van der Waals surface area contributed by atoms with Crippen LogP contribution in [0.5, 0.6) is 0 Å². The van der Waals surface area contributed by atoms with E-state index in [0.29, 0.717) is 39.1 Å². The summed E-state index contributed by atoms with van der Waals surface area (Å²) in [5.74, 6) is 0. The summed E-state index contributed by atoms with van der Waals surface area (Å²) in [4.78, 5) is 40.5. The molecular weight excluding hydrogens is 360 g/mol. The fourth-order valence-corrected chi connectivity index (χ4v) is 3.03. The lowest BCUT2D eigenvalue weighted by atomic mass is 10.2. The van der Waals surface area contributed by atoms with Crippen LogP contribution in [0.4, 0.5) is 21.0 Å². The molecule has 8 nitrogen and oxygen atoms in total. The summed E-state index contributed by atoms with van der Waals surface area (Å²) in [7, 11) is 0. The van der Waals surface area contributed by atoms with Gasteiger partial charge in [-0.15, -0.1) is 0 Å². The molecular formula is C20H30N4O4. The average molecular weight is 390 g/mol. The molecule has 1 aliphatic heterocycles. The van der Waals surface area contributed by atoms with Gasteiger partial charge in [0.25, 0.3) is 0 Å². The van der Waals surface area contributed by atoms with E-state index in [1.807, 2.05) is 52.0 Å².